The van der Waals surface area contributed by atoms with Gasteiger partial charge in [-0.15, -0.1) is 0 Å². The molecule has 3 rings (SSSR count). The van der Waals surface area contributed by atoms with Crippen molar-refractivity contribution in [3.63, 3.8) is 0 Å². The van der Waals surface area contributed by atoms with Gasteiger partial charge in [-0.1, -0.05) is 12.1 Å². The Balaban J connectivity index is 1.55. The molecule has 29 heavy (non-hydrogen) atoms. The summed E-state index contributed by atoms with van der Waals surface area (Å²) in [5, 5.41) is 5.80. The number of hydrogen-bond donors (Lipinski definition) is 2. The maximum Gasteiger partial charge on any atom is 0.318 e. The Morgan fingerprint density at radius 3 is 2.76 bits per heavy atom. The predicted octanol–water partition coefficient (Wildman–Crippen LogP) is 3.15. The smallest absolute Gasteiger partial charge is 0.318 e. The molecule has 2 N–H and O–H groups in total. The SMILES string of the molecule is Cc1ccc(CNC(=O)CCc2ccc3c(c2)CN(C(=O)NC(C)C)CCO3)o1. The number of furan rings is 1. The Morgan fingerprint density at radius 1 is 1.21 bits per heavy atom. The van der Waals surface area contributed by atoms with Crippen molar-refractivity contribution in [2.75, 3.05) is 13.2 Å². The van der Waals surface area contributed by atoms with Crippen LogP contribution < -0.4 is 15.4 Å². The number of ether oxygens (including phenoxy) is 1. The van der Waals surface area contributed by atoms with Gasteiger partial charge < -0.3 is 24.7 Å². The molecule has 7 nitrogen and oxygen atoms in total. The van der Waals surface area contributed by atoms with E-state index in [2.05, 4.69) is 10.6 Å². The molecule has 1 aromatic heterocycles. The molecule has 0 spiro atoms. The van der Waals surface area contributed by atoms with Crippen molar-refractivity contribution in [3.05, 3.63) is 53.0 Å². The second-order valence-electron chi connectivity index (χ2n) is 7.61. The number of nitrogens with zero attached hydrogens (tertiary/aromatic N) is 1. The first kappa shape index (κ1) is 20.8. The molecule has 0 aliphatic carbocycles. The molecule has 1 aliphatic rings. The highest BCUT2D eigenvalue weighted by molar-refractivity contribution is 5.76. The molecular formula is C22H29N3O4. The van der Waals surface area contributed by atoms with Crippen LogP contribution in [0.15, 0.2) is 34.7 Å². The minimum atomic E-state index is -0.0885. The molecule has 0 atom stereocenters. The van der Waals surface area contributed by atoms with Gasteiger partial charge in [0.1, 0.15) is 23.9 Å². The summed E-state index contributed by atoms with van der Waals surface area (Å²) in [6, 6.07) is 9.67. The molecule has 1 aromatic carbocycles. The molecule has 0 bridgehead atoms. The quantitative estimate of drug-likeness (QED) is 0.782. The maximum absolute atomic E-state index is 12.4. The van der Waals surface area contributed by atoms with Crippen molar-refractivity contribution < 1.29 is 18.7 Å². The fourth-order valence-corrected chi connectivity index (χ4v) is 3.23. The highest BCUT2D eigenvalue weighted by Gasteiger charge is 2.20. The summed E-state index contributed by atoms with van der Waals surface area (Å²) in [5.41, 5.74) is 2.01. The Labute approximate surface area is 171 Å². The third-order valence-electron chi connectivity index (χ3n) is 4.70. The van der Waals surface area contributed by atoms with Crippen LogP contribution >= 0.6 is 0 Å². The first-order valence-corrected chi connectivity index (χ1v) is 10.0. The molecule has 0 fully saturated rings. The van der Waals surface area contributed by atoms with E-state index in [1.54, 1.807) is 4.90 Å². The lowest BCUT2D eigenvalue weighted by molar-refractivity contribution is -0.121. The fraction of sp³-hybridized carbons (Fsp3) is 0.455. The van der Waals surface area contributed by atoms with Crippen molar-refractivity contribution in [2.45, 2.75) is 52.7 Å². The second-order valence-corrected chi connectivity index (χ2v) is 7.61. The van der Waals surface area contributed by atoms with Gasteiger partial charge in [0.15, 0.2) is 0 Å². The van der Waals surface area contributed by atoms with Gasteiger partial charge in [-0.2, -0.15) is 0 Å². The second kappa shape index (κ2) is 9.49. The zero-order valence-electron chi connectivity index (χ0n) is 17.3. The summed E-state index contributed by atoms with van der Waals surface area (Å²) >= 11 is 0. The molecule has 0 saturated heterocycles. The number of urea groups is 1. The van der Waals surface area contributed by atoms with Crippen molar-refractivity contribution in [1.29, 1.82) is 0 Å². The van der Waals surface area contributed by atoms with Gasteiger partial charge in [0.05, 0.1) is 19.6 Å². The molecule has 3 amide bonds. The third-order valence-corrected chi connectivity index (χ3v) is 4.70. The number of carbonyl (C=O) groups is 2. The summed E-state index contributed by atoms with van der Waals surface area (Å²) in [7, 11) is 0. The number of fused-ring (bicyclic) bond motifs is 1. The summed E-state index contributed by atoms with van der Waals surface area (Å²) in [6.07, 6.45) is 1.01. The van der Waals surface area contributed by atoms with Gasteiger partial charge in [0, 0.05) is 18.0 Å². The van der Waals surface area contributed by atoms with Gasteiger partial charge >= 0.3 is 6.03 Å². The van der Waals surface area contributed by atoms with Crippen LogP contribution in [0, 0.1) is 6.92 Å². The lowest BCUT2D eigenvalue weighted by Gasteiger charge is -2.22. The largest absolute Gasteiger partial charge is 0.491 e. The zero-order valence-corrected chi connectivity index (χ0v) is 17.3. The summed E-state index contributed by atoms with van der Waals surface area (Å²) < 4.78 is 11.3. The minimum Gasteiger partial charge on any atom is -0.491 e. The topological polar surface area (TPSA) is 83.8 Å². The van der Waals surface area contributed by atoms with E-state index >= 15 is 0 Å². The normalized spacial score (nSPS) is 13.4. The number of nitrogens with one attached hydrogen (secondary N) is 2. The first-order chi connectivity index (χ1) is 13.9. The number of carbonyl (C=O) groups excluding carboxylic acids is 2. The first-order valence-electron chi connectivity index (χ1n) is 10.0. The number of amides is 3. The highest BCUT2D eigenvalue weighted by atomic mass is 16.5. The summed E-state index contributed by atoms with van der Waals surface area (Å²) in [5.74, 6) is 2.35. The lowest BCUT2D eigenvalue weighted by atomic mass is 10.0. The van der Waals surface area contributed by atoms with Crippen LogP contribution in [-0.2, 0) is 24.3 Å². The van der Waals surface area contributed by atoms with Gasteiger partial charge in [-0.3, -0.25) is 4.79 Å². The Kier molecular flexibility index (Phi) is 6.80. The zero-order chi connectivity index (χ0) is 20.8. The molecule has 156 valence electrons. The number of rotatable bonds is 6. The van der Waals surface area contributed by atoms with E-state index in [0.717, 1.165) is 28.4 Å². The fourth-order valence-electron chi connectivity index (χ4n) is 3.23. The monoisotopic (exact) mass is 399 g/mol. The van der Waals surface area contributed by atoms with Crippen molar-refractivity contribution in [3.8, 4) is 5.75 Å². The predicted molar refractivity (Wildman–Crippen MR) is 110 cm³/mol. The van der Waals surface area contributed by atoms with E-state index in [0.29, 0.717) is 39.1 Å². The Bertz CT molecular complexity index is 859. The average Bonchev–Trinajstić information content (AvgIpc) is 2.97. The lowest BCUT2D eigenvalue weighted by Crippen LogP contribution is -2.43. The van der Waals surface area contributed by atoms with Crippen LogP contribution in [0.2, 0.25) is 0 Å². The number of hydrogen-bond acceptors (Lipinski definition) is 4. The maximum atomic E-state index is 12.4. The Hall–Kier alpha value is -2.96. The van der Waals surface area contributed by atoms with Crippen LogP contribution in [-0.4, -0.2) is 36.0 Å². The van der Waals surface area contributed by atoms with Crippen LogP contribution in [0.4, 0.5) is 4.79 Å². The molecule has 0 unspecified atom stereocenters. The van der Waals surface area contributed by atoms with E-state index in [-0.39, 0.29) is 18.0 Å². The summed E-state index contributed by atoms with van der Waals surface area (Å²) in [4.78, 5) is 26.3. The van der Waals surface area contributed by atoms with E-state index in [1.165, 1.54) is 0 Å². The minimum absolute atomic E-state index is 0.0248. The molecule has 1 aliphatic heterocycles. The van der Waals surface area contributed by atoms with Crippen molar-refractivity contribution in [2.24, 2.45) is 0 Å². The van der Waals surface area contributed by atoms with E-state index < -0.39 is 0 Å². The van der Waals surface area contributed by atoms with Gasteiger partial charge in [-0.05, 0) is 51.0 Å². The van der Waals surface area contributed by atoms with Gasteiger partial charge in [-0.25, -0.2) is 4.79 Å². The van der Waals surface area contributed by atoms with E-state index in [1.807, 2.05) is 51.1 Å². The Morgan fingerprint density at radius 2 is 2.03 bits per heavy atom. The number of aryl methyl sites for hydroxylation is 2. The van der Waals surface area contributed by atoms with Crippen LogP contribution in [0.25, 0.3) is 0 Å². The number of benzene rings is 1. The summed E-state index contributed by atoms with van der Waals surface area (Å²) in [6.45, 7) is 7.65. The van der Waals surface area contributed by atoms with Crippen molar-refractivity contribution >= 4 is 11.9 Å². The molecule has 2 heterocycles. The van der Waals surface area contributed by atoms with Crippen molar-refractivity contribution in [1.82, 2.24) is 15.5 Å². The highest BCUT2D eigenvalue weighted by Crippen LogP contribution is 2.25. The van der Waals surface area contributed by atoms with Gasteiger partial charge in [0.25, 0.3) is 0 Å². The molecule has 0 radical (unpaired) electrons. The van der Waals surface area contributed by atoms with E-state index in [9.17, 15) is 9.59 Å². The average molecular weight is 399 g/mol. The van der Waals surface area contributed by atoms with E-state index in [4.69, 9.17) is 9.15 Å². The van der Waals surface area contributed by atoms with Crippen LogP contribution in [0.5, 0.6) is 5.75 Å². The molecular weight excluding hydrogens is 370 g/mol. The standard InChI is InChI=1S/C22H29N3O4/c1-15(2)24-22(27)25-10-11-28-20-8-5-17(12-18(20)14-25)6-9-21(26)23-13-19-7-4-16(3)29-19/h4-5,7-8,12,15H,6,9-11,13-14H2,1-3H3,(H,23,26)(H,24,27). The van der Waals surface area contributed by atoms with Gasteiger partial charge in [0.2, 0.25) is 5.91 Å². The van der Waals surface area contributed by atoms with Crippen LogP contribution in [0.3, 0.4) is 0 Å². The molecule has 2 aromatic rings. The third kappa shape index (κ3) is 6.01. The molecule has 0 saturated carbocycles. The van der Waals surface area contributed by atoms with Crippen LogP contribution in [0.1, 0.15) is 42.9 Å². The molecule has 7 heteroatoms.